The van der Waals surface area contributed by atoms with E-state index in [2.05, 4.69) is 10.6 Å². The molecule has 0 radical (unpaired) electrons. The Labute approximate surface area is 171 Å². The molecule has 154 valence electrons. The highest BCUT2D eigenvalue weighted by atomic mass is 35.5. The molecule has 0 aliphatic rings. The van der Waals surface area contributed by atoms with Crippen LogP contribution < -0.4 is 10.6 Å². The molecule has 12 heteroatoms. The lowest BCUT2D eigenvalue weighted by Gasteiger charge is -2.17. The zero-order valence-corrected chi connectivity index (χ0v) is 17.0. The summed E-state index contributed by atoms with van der Waals surface area (Å²) < 4.78 is 26.0. The van der Waals surface area contributed by atoms with Crippen molar-refractivity contribution >= 4 is 50.5 Å². The van der Waals surface area contributed by atoms with Gasteiger partial charge in [0, 0.05) is 31.4 Å². The number of benzene rings is 2. The third-order valence-electron chi connectivity index (χ3n) is 3.68. The molecule has 0 bridgehead atoms. The maximum absolute atomic E-state index is 12.6. The van der Waals surface area contributed by atoms with Gasteiger partial charge in [0.2, 0.25) is 21.8 Å². The van der Waals surface area contributed by atoms with Crippen LogP contribution in [0.5, 0.6) is 0 Å². The highest BCUT2D eigenvalue weighted by Gasteiger charge is 2.23. The number of carbonyl (C=O) groups is 2. The average molecular weight is 441 g/mol. The zero-order chi connectivity index (χ0) is 21.8. The van der Waals surface area contributed by atoms with E-state index >= 15 is 0 Å². The molecule has 0 aromatic heterocycles. The van der Waals surface area contributed by atoms with Gasteiger partial charge < -0.3 is 10.6 Å². The van der Waals surface area contributed by atoms with Crippen molar-refractivity contribution in [2.45, 2.75) is 11.8 Å². The summed E-state index contributed by atoms with van der Waals surface area (Å²) in [4.78, 5) is 33.3. The van der Waals surface area contributed by atoms with Gasteiger partial charge in [-0.15, -0.1) is 0 Å². The number of hydrogen-bond donors (Lipinski definition) is 2. The van der Waals surface area contributed by atoms with Crippen LogP contribution >= 0.6 is 11.6 Å². The summed E-state index contributed by atoms with van der Waals surface area (Å²) in [5.41, 5.74) is 0.155. The van der Waals surface area contributed by atoms with Gasteiger partial charge in [0.05, 0.1) is 16.4 Å². The molecular formula is C17H17ClN4O6S. The Morgan fingerprint density at radius 3 is 2.24 bits per heavy atom. The number of hydrogen-bond acceptors (Lipinski definition) is 6. The van der Waals surface area contributed by atoms with E-state index in [4.69, 9.17) is 11.6 Å². The number of rotatable bonds is 7. The summed E-state index contributed by atoms with van der Waals surface area (Å²) in [5, 5.41) is 15.7. The summed E-state index contributed by atoms with van der Waals surface area (Å²) in [5.74, 6) is -0.987. The minimum atomic E-state index is -3.97. The van der Waals surface area contributed by atoms with Crippen molar-refractivity contribution in [2.75, 3.05) is 24.2 Å². The predicted octanol–water partition coefficient (Wildman–Crippen LogP) is 2.47. The smallest absolute Gasteiger partial charge is 0.289 e. The van der Waals surface area contributed by atoms with Crippen LogP contribution in [-0.4, -0.2) is 43.1 Å². The average Bonchev–Trinajstić information content (AvgIpc) is 2.63. The third kappa shape index (κ3) is 5.73. The summed E-state index contributed by atoms with van der Waals surface area (Å²) in [6.45, 7) is 0.804. The number of likely N-dealkylation sites (N-methyl/N-ethyl adjacent to an activating group) is 1. The quantitative estimate of drug-likeness (QED) is 0.500. The van der Waals surface area contributed by atoms with E-state index in [-0.39, 0.29) is 27.2 Å². The first kappa shape index (κ1) is 22.3. The van der Waals surface area contributed by atoms with Gasteiger partial charge in [0.25, 0.3) is 5.69 Å². The molecule has 0 saturated carbocycles. The number of nitrogens with one attached hydrogen (secondary N) is 2. The number of nitro benzene ring substituents is 1. The molecule has 0 saturated heterocycles. The van der Waals surface area contributed by atoms with Crippen LogP contribution in [0.15, 0.2) is 47.4 Å². The summed E-state index contributed by atoms with van der Waals surface area (Å²) in [7, 11) is -2.75. The zero-order valence-electron chi connectivity index (χ0n) is 15.4. The van der Waals surface area contributed by atoms with Crippen molar-refractivity contribution < 1.29 is 22.9 Å². The highest BCUT2D eigenvalue weighted by Crippen LogP contribution is 2.27. The monoisotopic (exact) mass is 440 g/mol. The van der Waals surface area contributed by atoms with Crippen molar-refractivity contribution in [3.05, 3.63) is 57.6 Å². The first-order chi connectivity index (χ1) is 13.5. The number of nitro groups is 1. The first-order valence-electron chi connectivity index (χ1n) is 8.08. The number of sulfonamides is 1. The lowest BCUT2D eigenvalue weighted by Crippen LogP contribution is -2.35. The lowest BCUT2D eigenvalue weighted by atomic mass is 10.3. The molecular weight excluding hydrogens is 424 g/mol. The van der Waals surface area contributed by atoms with E-state index in [0.29, 0.717) is 5.69 Å². The van der Waals surface area contributed by atoms with Crippen LogP contribution in [0.3, 0.4) is 0 Å². The van der Waals surface area contributed by atoms with Crippen LogP contribution in [0.1, 0.15) is 6.92 Å². The Morgan fingerprint density at radius 1 is 1.10 bits per heavy atom. The molecule has 0 aliphatic carbocycles. The van der Waals surface area contributed by atoms with Crippen LogP contribution in [0.25, 0.3) is 0 Å². The van der Waals surface area contributed by atoms with E-state index in [1.165, 1.54) is 50.4 Å². The van der Waals surface area contributed by atoms with Crippen LogP contribution in [0.4, 0.5) is 17.1 Å². The fourth-order valence-electron chi connectivity index (χ4n) is 2.31. The topological polar surface area (TPSA) is 139 Å². The van der Waals surface area contributed by atoms with Crippen LogP contribution in [0, 0.1) is 10.1 Å². The van der Waals surface area contributed by atoms with Gasteiger partial charge in [0.15, 0.2) is 0 Å². The number of amides is 2. The van der Waals surface area contributed by atoms with E-state index in [0.717, 1.165) is 10.4 Å². The number of halogens is 1. The normalized spacial score (nSPS) is 11.2. The Bertz CT molecular complexity index is 1060. The van der Waals surface area contributed by atoms with Gasteiger partial charge in [0.1, 0.15) is 5.02 Å². The molecule has 10 nitrogen and oxygen atoms in total. The maximum atomic E-state index is 12.6. The maximum Gasteiger partial charge on any atom is 0.289 e. The van der Waals surface area contributed by atoms with Crippen molar-refractivity contribution in [3.63, 3.8) is 0 Å². The van der Waals surface area contributed by atoms with Crippen molar-refractivity contribution in [1.82, 2.24) is 4.31 Å². The Kier molecular flexibility index (Phi) is 6.90. The van der Waals surface area contributed by atoms with Crippen LogP contribution in [-0.2, 0) is 19.6 Å². The Hall–Kier alpha value is -3.02. The van der Waals surface area contributed by atoms with E-state index in [1.54, 1.807) is 0 Å². The minimum Gasteiger partial charge on any atom is -0.326 e. The van der Waals surface area contributed by atoms with Crippen molar-refractivity contribution in [3.8, 4) is 0 Å². The lowest BCUT2D eigenvalue weighted by molar-refractivity contribution is -0.384. The second-order valence-electron chi connectivity index (χ2n) is 5.94. The molecule has 0 heterocycles. The van der Waals surface area contributed by atoms with Gasteiger partial charge in [-0.2, -0.15) is 4.31 Å². The molecule has 2 rings (SSSR count). The molecule has 2 amide bonds. The summed E-state index contributed by atoms with van der Waals surface area (Å²) >= 11 is 5.71. The molecule has 0 fully saturated rings. The summed E-state index contributed by atoms with van der Waals surface area (Å²) in [6.07, 6.45) is 0. The van der Waals surface area contributed by atoms with Gasteiger partial charge in [-0.25, -0.2) is 8.42 Å². The van der Waals surface area contributed by atoms with Crippen molar-refractivity contribution in [2.24, 2.45) is 0 Å². The number of nitrogens with zero attached hydrogens (tertiary/aromatic N) is 2. The Morgan fingerprint density at radius 2 is 1.69 bits per heavy atom. The SMILES string of the molecule is CC(=O)Nc1ccc(S(=O)(=O)N(C)CC(=O)Nc2ccc(Cl)c([N+](=O)[O-])c2)cc1. The van der Waals surface area contributed by atoms with Gasteiger partial charge in [-0.3, -0.25) is 19.7 Å². The first-order valence-corrected chi connectivity index (χ1v) is 9.90. The number of carbonyl (C=O) groups excluding carboxylic acids is 2. The molecule has 2 aromatic carbocycles. The second-order valence-corrected chi connectivity index (χ2v) is 8.39. The minimum absolute atomic E-state index is 0.0657. The van der Waals surface area contributed by atoms with Gasteiger partial charge in [-0.05, 0) is 36.4 Å². The van der Waals surface area contributed by atoms with E-state index in [9.17, 15) is 28.1 Å². The molecule has 0 aliphatic heterocycles. The highest BCUT2D eigenvalue weighted by molar-refractivity contribution is 7.89. The molecule has 0 unspecified atom stereocenters. The van der Waals surface area contributed by atoms with E-state index < -0.39 is 27.4 Å². The largest absolute Gasteiger partial charge is 0.326 e. The predicted molar refractivity (Wildman–Crippen MR) is 107 cm³/mol. The summed E-state index contributed by atoms with van der Waals surface area (Å²) in [6, 6.07) is 9.16. The molecule has 0 atom stereocenters. The standard InChI is InChI=1S/C17H17ClN4O6S/c1-11(23)19-12-3-6-14(7-4-12)29(27,28)21(2)10-17(24)20-13-5-8-15(18)16(9-13)22(25)26/h3-9H,10H2,1-2H3,(H,19,23)(H,20,24). The van der Waals surface area contributed by atoms with Crippen LogP contribution in [0.2, 0.25) is 5.02 Å². The molecule has 2 aromatic rings. The van der Waals surface area contributed by atoms with Gasteiger partial charge >= 0.3 is 0 Å². The molecule has 2 N–H and O–H groups in total. The fraction of sp³-hybridized carbons (Fsp3) is 0.176. The molecule has 29 heavy (non-hydrogen) atoms. The number of anilines is 2. The van der Waals surface area contributed by atoms with Gasteiger partial charge in [-0.1, -0.05) is 11.6 Å². The second kappa shape index (κ2) is 8.99. The molecule has 0 spiro atoms. The van der Waals surface area contributed by atoms with Crippen molar-refractivity contribution in [1.29, 1.82) is 0 Å². The van der Waals surface area contributed by atoms with E-state index in [1.807, 2.05) is 0 Å². The fourth-order valence-corrected chi connectivity index (χ4v) is 3.63. The third-order valence-corrected chi connectivity index (χ3v) is 5.81. The Balaban J connectivity index is 2.09.